The number of fused-ring (bicyclic) bond motifs is 1. The van der Waals surface area contributed by atoms with Crippen LogP contribution in [-0.2, 0) is 17.4 Å². The fourth-order valence-electron chi connectivity index (χ4n) is 2.66. The second-order valence-corrected chi connectivity index (χ2v) is 5.06. The molecule has 14 heavy (non-hydrogen) atoms. The lowest BCUT2D eigenvalue weighted by atomic mass is 9.87. The normalized spacial score (nSPS) is 35.4. The molecule has 0 bridgehead atoms. The van der Waals surface area contributed by atoms with Crippen LogP contribution in [0.3, 0.4) is 0 Å². The fourth-order valence-corrected chi connectivity index (χ4v) is 3.35. The minimum atomic E-state index is 0.00231. The number of epoxide rings is 1. The van der Waals surface area contributed by atoms with Crippen molar-refractivity contribution in [1.29, 1.82) is 0 Å². The monoisotopic (exact) mass is 256 g/mol. The maximum absolute atomic E-state index is 5.88. The first-order chi connectivity index (χ1) is 6.74. The number of nitrogens with zero attached hydrogens (tertiary/aromatic N) is 2. The molecule has 0 unspecified atom stereocenters. The highest BCUT2D eigenvalue weighted by Crippen LogP contribution is 2.56. The predicted octanol–water partition coefficient (Wildman–Crippen LogP) is 2.35. The fraction of sp³-hybridized carbons (Fsp3) is 0.700. The number of ether oxygens (including phenoxy) is 1. The van der Waals surface area contributed by atoms with E-state index in [1.165, 1.54) is 25.0 Å². The molecule has 0 amide bonds. The standard InChI is InChI=1S/C10H13BrN2O/c1-13-9(7(11)6-12-13)10-5-3-2-4-8(10)14-10/h6,8H,2-5H2,1H3/t8-,10+/m1/s1. The molecule has 2 atom stereocenters. The number of aromatic nitrogens is 2. The maximum atomic E-state index is 5.88. The van der Waals surface area contributed by atoms with Crippen molar-refractivity contribution < 1.29 is 4.74 Å². The third-order valence-corrected chi connectivity index (χ3v) is 3.96. The average molecular weight is 257 g/mol. The first-order valence-electron chi connectivity index (χ1n) is 5.10. The van der Waals surface area contributed by atoms with Crippen LogP contribution in [0.1, 0.15) is 31.4 Å². The molecule has 0 N–H and O–H groups in total. The van der Waals surface area contributed by atoms with E-state index in [4.69, 9.17) is 4.74 Å². The number of halogens is 1. The second kappa shape index (κ2) is 2.83. The summed E-state index contributed by atoms with van der Waals surface area (Å²) in [5.41, 5.74) is 1.23. The summed E-state index contributed by atoms with van der Waals surface area (Å²) in [4.78, 5) is 0. The quantitative estimate of drug-likeness (QED) is 0.723. The molecule has 1 saturated carbocycles. The summed E-state index contributed by atoms with van der Waals surface area (Å²) in [6.45, 7) is 0. The Kier molecular flexibility index (Phi) is 1.80. The molecule has 1 aromatic rings. The lowest BCUT2D eigenvalue weighted by Gasteiger charge is -2.17. The molecule has 0 spiro atoms. The van der Waals surface area contributed by atoms with Gasteiger partial charge in [-0.1, -0.05) is 6.42 Å². The first kappa shape index (κ1) is 8.92. The molecule has 1 aliphatic heterocycles. The van der Waals surface area contributed by atoms with Gasteiger partial charge in [0, 0.05) is 7.05 Å². The van der Waals surface area contributed by atoms with Crippen molar-refractivity contribution >= 4 is 15.9 Å². The van der Waals surface area contributed by atoms with Gasteiger partial charge >= 0.3 is 0 Å². The molecule has 1 aliphatic carbocycles. The van der Waals surface area contributed by atoms with E-state index in [2.05, 4.69) is 21.0 Å². The average Bonchev–Trinajstić information content (AvgIpc) is 2.81. The Bertz CT molecular complexity index is 357. The van der Waals surface area contributed by atoms with Gasteiger partial charge in [0.05, 0.1) is 22.5 Å². The van der Waals surface area contributed by atoms with Crippen LogP contribution in [0.15, 0.2) is 10.7 Å². The number of hydrogen-bond donors (Lipinski definition) is 0. The SMILES string of the molecule is Cn1ncc(Br)c1[C@]12CCCC[C@H]1O2. The van der Waals surface area contributed by atoms with Crippen molar-refractivity contribution in [2.75, 3.05) is 0 Å². The largest absolute Gasteiger partial charge is 0.359 e. The summed E-state index contributed by atoms with van der Waals surface area (Å²) in [7, 11) is 1.99. The lowest BCUT2D eigenvalue weighted by molar-refractivity contribution is 0.276. The van der Waals surface area contributed by atoms with E-state index in [1.807, 2.05) is 17.9 Å². The third kappa shape index (κ3) is 1.04. The van der Waals surface area contributed by atoms with E-state index in [-0.39, 0.29) is 5.60 Å². The van der Waals surface area contributed by atoms with Gasteiger partial charge in [-0.3, -0.25) is 4.68 Å². The highest BCUT2D eigenvalue weighted by molar-refractivity contribution is 9.10. The van der Waals surface area contributed by atoms with Crippen LogP contribution >= 0.6 is 15.9 Å². The van der Waals surface area contributed by atoms with Gasteiger partial charge in [-0.15, -0.1) is 0 Å². The van der Waals surface area contributed by atoms with E-state index in [0.29, 0.717) is 6.10 Å². The smallest absolute Gasteiger partial charge is 0.137 e. The topological polar surface area (TPSA) is 30.4 Å². The molecule has 2 aliphatic rings. The zero-order valence-corrected chi connectivity index (χ0v) is 9.75. The molecule has 3 nitrogen and oxygen atoms in total. The number of rotatable bonds is 1. The van der Waals surface area contributed by atoms with Gasteiger partial charge in [-0.05, 0) is 35.2 Å². The highest BCUT2D eigenvalue weighted by Gasteiger charge is 2.60. The van der Waals surface area contributed by atoms with Gasteiger partial charge in [0.15, 0.2) is 0 Å². The predicted molar refractivity (Wildman–Crippen MR) is 55.9 cm³/mol. The molecule has 3 rings (SSSR count). The van der Waals surface area contributed by atoms with Crippen molar-refractivity contribution in [3.63, 3.8) is 0 Å². The maximum Gasteiger partial charge on any atom is 0.137 e. The Morgan fingerprint density at radius 1 is 1.64 bits per heavy atom. The van der Waals surface area contributed by atoms with Gasteiger partial charge in [0.1, 0.15) is 5.60 Å². The zero-order chi connectivity index (χ0) is 9.76. The Labute approximate surface area is 91.6 Å². The van der Waals surface area contributed by atoms with Crippen molar-refractivity contribution in [3.8, 4) is 0 Å². The van der Waals surface area contributed by atoms with E-state index >= 15 is 0 Å². The Hall–Kier alpha value is -0.350. The van der Waals surface area contributed by atoms with Crippen LogP contribution in [0.2, 0.25) is 0 Å². The lowest BCUT2D eigenvalue weighted by Crippen LogP contribution is -2.21. The van der Waals surface area contributed by atoms with Gasteiger partial charge in [-0.2, -0.15) is 5.10 Å². The van der Waals surface area contributed by atoms with Crippen LogP contribution in [0, 0.1) is 0 Å². The molecule has 1 saturated heterocycles. The van der Waals surface area contributed by atoms with Crippen molar-refractivity contribution in [2.45, 2.75) is 37.4 Å². The summed E-state index contributed by atoms with van der Waals surface area (Å²) in [6.07, 6.45) is 7.24. The van der Waals surface area contributed by atoms with E-state index < -0.39 is 0 Å². The zero-order valence-electron chi connectivity index (χ0n) is 8.16. The van der Waals surface area contributed by atoms with Gasteiger partial charge < -0.3 is 4.74 Å². The summed E-state index contributed by atoms with van der Waals surface area (Å²) in [5.74, 6) is 0. The first-order valence-corrected chi connectivity index (χ1v) is 5.89. The molecule has 76 valence electrons. The molecule has 2 fully saturated rings. The van der Waals surface area contributed by atoms with E-state index in [9.17, 15) is 0 Å². The van der Waals surface area contributed by atoms with Gasteiger partial charge in [-0.25, -0.2) is 0 Å². The summed E-state index contributed by atoms with van der Waals surface area (Å²) in [5, 5.41) is 4.25. The minimum absolute atomic E-state index is 0.00231. The van der Waals surface area contributed by atoms with Crippen molar-refractivity contribution in [3.05, 3.63) is 16.4 Å². The Balaban J connectivity index is 2.03. The van der Waals surface area contributed by atoms with Crippen LogP contribution in [0.25, 0.3) is 0 Å². The van der Waals surface area contributed by atoms with Crippen LogP contribution in [0.4, 0.5) is 0 Å². The Morgan fingerprint density at radius 2 is 2.50 bits per heavy atom. The highest BCUT2D eigenvalue weighted by atomic mass is 79.9. The Morgan fingerprint density at radius 3 is 3.14 bits per heavy atom. The van der Waals surface area contributed by atoms with Crippen molar-refractivity contribution in [1.82, 2.24) is 9.78 Å². The van der Waals surface area contributed by atoms with Gasteiger partial charge in [0.2, 0.25) is 0 Å². The van der Waals surface area contributed by atoms with Crippen molar-refractivity contribution in [2.24, 2.45) is 7.05 Å². The summed E-state index contributed by atoms with van der Waals surface area (Å²) >= 11 is 3.55. The van der Waals surface area contributed by atoms with E-state index in [1.54, 1.807) is 0 Å². The molecular formula is C10H13BrN2O. The molecule has 0 aromatic carbocycles. The van der Waals surface area contributed by atoms with Crippen LogP contribution < -0.4 is 0 Å². The molecule has 4 heteroatoms. The third-order valence-electron chi connectivity index (χ3n) is 3.37. The summed E-state index contributed by atoms with van der Waals surface area (Å²) < 4.78 is 8.91. The number of hydrogen-bond acceptors (Lipinski definition) is 2. The van der Waals surface area contributed by atoms with Crippen LogP contribution in [0.5, 0.6) is 0 Å². The molecule has 0 radical (unpaired) electrons. The molecule has 1 aromatic heterocycles. The second-order valence-electron chi connectivity index (χ2n) is 4.21. The number of aryl methyl sites for hydroxylation is 1. The molecule has 2 heterocycles. The molecular weight excluding hydrogens is 244 g/mol. The van der Waals surface area contributed by atoms with Crippen LogP contribution in [-0.4, -0.2) is 15.9 Å². The summed E-state index contributed by atoms with van der Waals surface area (Å²) in [6, 6.07) is 0. The van der Waals surface area contributed by atoms with E-state index in [0.717, 1.165) is 10.9 Å². The minimum Gasteiger partial charge on any atom is -0.359 e. The van der Waals surface area contributed by atoms with Gasteiger partial charge in [0.25, 0.3) is 0 Å².